The first kappa shape index (κ1) is 24.9. The van der Waals surface area contributed by atoms with Crippen molar-refractivity contribution in [3.05, 3.63) is 53.6 Å². The molecule has 0 bridgehead atoms. The number of carbonyl (C=O) groups excluding carboxylic acids is 2. The normalized spacial score (nSPS) is 14.6. The summed E-state index contributed by atoms with van der Waals surface area (Å²) in [7, 11) is -2.70. The lowest BCUT2D eigenvalue weighted by Crippen LogP contribution is -2.46. The van der Waals surface area contributed by atoms with Crippen LogP contribution in [0.1, 0.15) is 19.8 Å². The van der Waals surface area contributed by atoms with Crippen molar-refractivity contribution in [1.29, 1.82) is 0 Å². The highest BCUT2D eigenvalue weighted by atomic mass is 35.5. The van der Waals surface area contributed by atoms with Crippen molar-refractivity contribution in [2.45, 2.75) is 24.7 Å². The maximum atomic E-state index is 13.5. The third-order valence-corrected chi connectivity index (χ3v) is 7.54. The second kappa shape index (κ2) is 10.9. The zero-order chi connectivity index (χ0) is 24.0. The Balaban J connectivity index is 1.85. The number of amides is 1. The molecule has 1 amide bonds. The lowest BCUT2D eigenvalue weighted by atomic mass is 9.97. The van der Waals surface area contributed by atoms with Gasteiger partial charge in [-0.2, -0.15) is 0 Å². The molecule has 0 radical (unpaired) electrons. The highest BCUT2D eigenvalue weighted by molar-refractivity contribution is 7.92. The van der Waals surface area contributed by atoms with E-state index >= 15 is 0 Å². The molecule has 0 aliphatic carbocycles. The Morgan fingerprint density at radius 3 is 2.21 bits per heavy atom. The van der Waals surface area contributed by atoms with Gasteiger partial charge >= 0.3 is 5.97 Å². The summed E-state index contributed by atoms with van der Waals surface area (Å²) in [6.07, 6.45) is 0.955. The molecule has 0 saturated carbocycles. The number of methoxy groups -OCH3 is 1. The van der Waals surface area contributed by atoms with Crippen LogP contribution in [0.5, 0.6) is 5.75 Å². The summed E-state index contributed by atoms with van der Waals surface area (Å²) in [4.78, 5) is 26.5. The van der Waals surface area contributed by atoms with Gasteiger partial charge in [-0.1, -0.05) is 11.6 Å². The lowest BCUT2D eigenvalue weighted by molar-refractivity contribution is -0.148. The standard InChI is InChI=1S/C23H27ClN2O6S/c1-3-32-20-8-6-19(7-9-20)26(33(29,30)21-10-4-18(24)5-11-21)16-22(27)25-14-12-17(13-15-25)23(28)31-2/h4-11,17H,3,12-16H2,1-2H3. The Hall–Kier alpha value is -2.78. The summed E-state index contributed by atoms with van der Waals surface area (Å²) in [5, 5.41) is 0.408. The number of rotatable bonds is 8. The second-order valence-corrected chi connectivity index (χ2v) is 9.87. The molecule has 1 heterocycles. The molecule has 0 spiro atoms. The summed E-state index contributed by atoms with van der Waals surface area (Å²) in [6.45, 7) is 2.68. The Labute approximate surface area is 199 Å². The molecule has 0 aromatic heterocycles. The Morgan fingerprint density at radius 1 is 1.06 bits per heavy atom. The fraction of sp³-hybridized carbons (Fsp3) is 0.391. The van der Waals surface area contributed by atoms with Gasteiger partial charge in [0.05, 0.1) is 30.2 Å². The van der Waals surface area contributed by atoms with E-state index in [1.54, 1.807) is 29.2 Å². The number of sulfonamides is 1. The maximum absolute atomic E-state index is 13.5. The molecule has 1 aliphatic rings. The lowest BCUT2D eigenvalue weighted by Gasteiger charge is -2.33. The molecule has 3 rings (SSSR count). The molecular weight excluding hydrogens is 468 g/mol. The van der Waals surface area contributed by atoms with Crippen LogP contribution in [0.15, 0.2) is 53.4 Å². The zero-order valence-corrected chi connectivity index (χ0v) is 20.1. The third-order valence-electron chi connectivity index (χ3n) is 5.50. The number of hydrogen-bond acceptors (Lipinski definition) is 6. The molecule has 1 saturated heterocycles. The zero-order valence-electron chi connectivity index (χ0n) is 18.6. The quantitative estimate of drug-likeness (QED) is 0.522. The van der Waals surface area contributed by atoms with E-state index in [2.05, 4.69) is 0 Å². The molecule has 10 heteroatoms. The first-order valence-electron chi connectivity index (χ1n) is 10.6. The van der Waals surface area contributed by atoms with Crippen LogP contribution in [0.4, 0.5) is 5.69 Å². The molecule has 0 atom stereocenters. The molecule has 0 unspecified atom stereocenters. The van der Waals surface area contributed by atoms with Gasteiger partial charge in [-0.05, 0) is 68.3 Å². The van der Waals surface area contributed by atoms with Crippen molar-refractivity contribution in [3.8, 4) is 5.75 Å². The summed E-state index contributed by atoms with van der Waals surface area (Å²) in [6, 6.07) is 12.3. The van der Waals surface area contributed by atoms with Crippen LogP contribution >= 0.6 is 11.6 Å². The molecule has 2 aromatic carbocycles. The van der Waals surface area contributed by atoms with E-state index in [-0.39, 0.29) is 29.2 Å². The van der Waals surface area contributed by atoms with Crippen LogP contribution in [-0.2, 0) is 24.3 Å². The monoisotopic (exact) mass is 494 g/mol. The average molecular weight is 495 g/mol. The smallest absolute Gasteiger partial charge is 0.308 e. The molecule has 1 fully saturated rings. The van der Waals surface area contributed by atoms with Gasteiger partial charge in [0.15, 0.2) is 0 Å². The predicted molar refractivity (Wildman–Crippen MR) is 125 cm³/mol. The molecule has 0 N–H and O–H groups in total. The Morgan fingerprint density at radius 2 is 1.67 bits per heavy atom. The fourth-order valence-electron chi connectivity index (χ4n) is 3.68. The van der Waals surface area contributed by atoms with Crippen LogP contribution in [0.3, 0.4) is 0 Å². The Kier molecular flexibility index (Phi) is 8.20. The summed E-state index contributed by atoms with van der Waals surface area (Å²) < 4.78 is 38.3. The van der Waals surface area contributed by atoms with E-state index in [9.17, 15) is 18.0 Å². The largest absolute Gasteiger partial charge is 0.494 e. The Bertz CT molecular complexity index is 1070. The number of esters is 1. The fourth-order valence-corrected chi connectivity index (χ4v) is 5.22. The summed E-state index contributed by atoms with van der Waals surface area (Å²) >= 11 is 5.92. The molecule has 1 aliphatic heterocycles. The minimum atomic E-state index is -4.05. The summed E-state index contributed by atoms with van der Waals surface area (Å²) in [5.41, 5.74) is 0.339. The van der Waals surface area contributed by atoms with E-state index in [1.165, 1.54) is 31.4 Å². The van der Waals surface area contributed by atoms with Gasteiger partial charge in [0.1, 0.15) is 12.3 Å². The van der Waals surface area contributed by atoms with E-state index in [0.29, 0.717) is 49.0 Å². The van der Waals surface area contributed by atoms with Crippen molar-refractivity contribution in [2.24, 2.45) is 5.92 Å². The van der Waals surface area contributed by atoms with E-state index in [1.807, 2.05) is 6.92 Å². The minimum Gasteiger partial charge on any atom is -0.494 e. The van der Waals surface area contributed by atoms with E-state index in [0.717, 1.165) is 4.31 Å². The molecule has 178 valence electrons. The van der Waals surface area contributed by atoms with Crippen molar-refractivity contribution in [1.82, 2.24) is 4.90 Å². The number of anilines is 1. The number of nitrogens with zero attached hydrogens (tertiary/aromatic N) is 2. The van der Waals surface area contributed by atoms with E-state index in [4.69, 9.17) is 21.1 Å². The van der Waals surface area contributed by atoms with E-state index < -0.39 is 10.0 Å². The maximum Gasteiger partial charge on any atom is 0.308 e. The van der Waals surface area contributed by atoms with Crippen LogP contribution in [-0.4, -0.2) is 58.5 Å². The first-order chi connectivity index (χ1) is 15.8. The molecule has 8 nitrogen and oxygen atoms in total. The number of benzene rings is 2. The second-order valence-electron chi connectivity index (χ2n) is 7.57. The number of piperidine rings is 1. The van der Waals surface area contributed by atoms with Crippen LogP contribution in [0.2, 0.25) is 5.02 Å². The number of hydrogen-bond donors (Lipinski definition) is 0. The van der Waals surface area contributed by atoms with Crippen LogP contribution in [0, 0.1) is 5.92 Å². The predicted octanol–water partition coefficient (Wildman–Crippen LogP) is 3.35. The topological polar surface area (TPSA) is 93.2 Å². The average Bonchev–Trinajstić information content (AvgIpc) is 2.83. The van der Waals surface area contributed by atoms with Crippen molar-refractivity contribution < 1.29 is 27.5 Å². The number of likely N-dealkylation sites (tertiary alicyclic amines) is 1. The van der Waals surface area contributed by atoms with Gasteiger partial charge in [0, 0.05) is 18.1 Å². The highest BCUT2D eigenvalue weighted by Crippen LogP contribution is 2.27. The number of halogens is 1. The van der Waals surface area contributed by atoms with Crippen molar-refractivity contribution >= 4 is 39.2 Å². The number of carbonyl (C=O) groups is 2. The highest BCUT2D eigenvalue weighted by Gasteiger charge is 2.32. The number of ether oxygens (including phenoxy) is 2. The third kappa shape index (κ3) is 5.97. The van der Waals surface area contributed by atoms with Gasteiger partial charge in [-0.15, -0.1) is 0 Å². The van der Waals surface area contributed by atoms with Crippen molar-refractivity contribution in [3.63, 3.8) is 0 Å². The summed E-state index contributed by atoms with van der Waals surface area (Å²) in [5.74, 6) is -0.284. The van der Waals surface area contributed by atoms with Gasteiger partial charge < -0.3 is 14.4 Å². The SMILES string of the molecule is CCOc1ccc(N(CC(=O)N2CCC(C(=O)OC)CC2)S(=O)(=O)c2ccc(Cl)cc2)cc1. The van der Waals surface area contributed by atoms with Crippen LogP contribution < -0.4 is 9.04 Å². The van der Waals surface area contributed by atoms with Gasteiger partial charge in [0.2, 0.25) is 5.91 Å². The molecule has 2 aromatic rings. The van der Waals surface area contributed by atoms with Crippen LogP contribution in [0.25, 0.3) is 0 Å². The molecular formula is C23H27ClN2O6S. The minimum absolute atomic E-state index is 0.0259. The van der Waals surface area contributed by atoms with Crippen molar-refractivity contribution in [2.75, 3.05) is 37.7 Å². The van der Waals surface area contributed by atoms with Gasteiger partial charge in [-0.3, -0.25) is 13.9 Å². The van der Waals surface area contributed by atoms with Gasteiger partial charge in [0.25, 0.3) is 10.0 Å². The first-order valence-corrected chi connectivity index (χ1v) is 12.4. The van der Waals surface area contributed by atoms with Gasteiger partial charge in [-0.25, -0.2) is 8.42 Å². The molecule has 33 heavy (non-hydrogen) atoms.